The SMILES string of the molecule is CCOc1cccc(CN(C)CC(=O)N2CCNCC2)c1.Cl. The molecule has 0 atom stereocenters. The molecule has 1 saturated heterocycles. The van der Waals surface area contributed by atoms with Crippen molar-refractivity contribution in [3.05, 3.63) is 29.8 Å². The predicted octanol–water partition coefficient (Wildman–Crippen LogP) is 1.37. The lowest BCUT2D eigenvalue weighted by molar-refractivity contribution is -0.132. The van der Waals surface area contributed by atoms with Crippen LogP contribution in [0.2, 0.25) is 0 Å². The molecule has 1 amide bonds. The Morgan fingerprint density at radius 3 is 2.77 bits per heavy atom. The molecular formula is C16H26ClN3O2. The van der Waals surface area contributed by atoms with Crippen LogP contribution in [0.15, 0.2) is 24.3 Å². The summed E-state index contributed by atoms with van der Waals surface area (Å²) in [4.78, 5) is 16.2. The molecule has 0 unspecified atom stereocenters. The molecule has 5 nitrogen and oxygen atoms in total. The molecule has 0 aliphatic carbocycles. The Bertz CT molecular complexity index is 464. The highest BCUT2D eigenvalue weighted by molar-refractivity contribution is 5.85. The highest BCUT2D eigenvalue weighted by atomic mass is 35.5. The standard InChI is InChI=1S/C16H25N3O2.ClH/c1-3-21-15-6-4-5-14(11-15)12-18(2)13-16(20)19-9-7-17-8-10-19;/h4-6,11,17H,3,7-10,12-13H2,1-2H3;1H. The van der Waals surface area contributed by atoms with Crippen LogP contribution in [-0.4, -0.2) is 62.1 Å². The fourth-order valence-corrected chi connectivity index (χ4v) is 2.51. The third kappa shape index (κ3) is 5.83. The maximum atomic E-state index is 12.2. The first-order chi connectivity index (χ1) is 10.2. The molecule has 1 aliphatic rings. The Labute approximate surface area is 139 Å². The largest absolute Gasteiger partial charge is 0.494 e. The number of likely N-dealkylation sites (N-methyl/N-ethyl adjacent to an activating group) is 1. The Morgan fingerprint density at radius 2 is 2.09 bits per heavy atom. The van der Waals surface area contributed by atoms with Gasteiger partial charge in [0.2, 0.25) is 5.91 Å². The summed E-state index contributed by atoms with van der Waals surface area (Å²) in [6, 6.07) is 8.05. The maximum Gasteiger partial charge on any atom is 0.236 e. The van der Waals surface area contributed by atoms with E-state index in [2.05, 4.69) is 16.3 Å². The van der Waals surface area contributed by atoms with Crippen LogP contribution >= 0.6 is 12.4 Å². The summed E-state index contributed by atoms with van der Waals surface area (Å²) >= 11 is 0. The lowest BCUT2D eigenvalue weighted by Crippen LogP contribution is -2.49. The van der Waals surface area contributed by atoms with Crippen LogP contribution in [0.4, 0.5) is 0 Å². The van der Waals surface area contributed by atoms with Crippen LogP contribution in [0, 0.1) is 0 Å². The molecule has 0 spiro atoms. The molecule has 0 radical (unpaired) electrons. The zero-order valence-electron chi connectivity index (χ0n) is 13.4. The molecule has 0 aromatic heterocycles. The first kappa shape index (κ1) is 18.7. The van der Waals surface area contributed by atoms with Gasteiger partial charge in [-0.05, 0) is 31.7 Å². The topological polar surface area (TPSA) is 44.8 Å². The van der Waals surface area contributed by atoms with Crippen molar-refractivity contribution < 1.29 is 9.53 Å². The zero-order chi connectivity index (χ0) is 15.1. The van der Waals surface area contributed by atoms with E-state index < -0.39 is 0 Å². The van der Waals surface area contributed by atoms with Gasteiger partial charge in [0.1, 0.15) is 5.75 Å². The van der Waals surface area contributed by atoms with Crippen molar-refractivity contribution in [2.24, 2.45) is 0 Å². The molecule has 1 aromatic carbocycles. The molecule has 1 aromatic rings. The van der Waals surface area contributed by atoms with E-state index in [4.69, 9.17) is 4.74 Å². The van der Waals surface area contributed by atoms with Gasteiger partial charge in [-0.15, -0.1) is 12.4 Å². The molecule has 0 saturated carbocycles. The summed E-state index contributed by atoms with van der Waals surface area (Å²) in [7, 11) is 1.98. The lowest BCUT2D eigenvalue weighted by atomic mass is 10.2. The van der Waals surface area contributed by atoms with E-state index in [1.807, 2.05) is 37.1 Å². The van der Waals surface area contributed by atoms with Crippen molar-refractivity contribution >= 4 is 18.3 Å². The number of benzene rings is 1. The fourth-order valence-electron chi connectivity index (χ4n) is 2.51. The lowest BCUT2D eigenvalue weighted by Gasteiger charge is -2.29. The summed E-state index contributed by atoms with van der Waals surface area (Å²) < 4.78 is 5.50. The second-order valence-electron chi connectivity index (χ2n) is 5.38. The molecule has 1 aliphatic heterocycles. The van der Waals surface area contributed by atoms with Gasteiger partial charge in [-0.1, -0.05) is 12.1 Å². The number of hydrogen-bond donors (Lipinski definition) is 1. The van der Waals surface area contributed by atoms with Crippen LogP contribution in [0.1, 0.15) is 12.5 Å². The van der Waals surface area contributed by atoms with Gasteiger partial charge < -0.3 is 15.0 Å². The smallest absolute Gasteiger partial charge is 0.236 e. The average molecular weight is 328 g/mol. The Hall–Kier alpha value is -1.30. The maximum absolute atomic E-state index is 12.2. The van der Waals surface area contributed by atoms with Gasteiger partial charge in [-0.25, -0.2) is 0 Å². The van der Waals surface area contributed by atoms with Crippen molar-refractivity contribution in [1.29, 1.82) is 0 Å². The van der Waals surface area contributed by atoms with Crippen molar-refractivity contribution in [1.82, 2.24) is 15.1 Å². The van der Waals surface area contributed by atoms with Gasteiger partial charge >= 0.3 is 0 Å². The summed E-state index contributed by atoms with van der Waals surface area (Å²) in [5, 5.41) is 3.26. The monoisotopic (exact) mass is 327 g/mol. The van der Waals surface area contributed by atoms with Crippen molar-refractivity contribution in [2.45, 2.75) is 13.5 Å². The first-order valence-electron chi connectivity index (χ1n) is 7.58. The summed E-state index contributed by atoms with van der Waals surface area (Å²) in [5.74, 6) is 1.09. The van der Waals surface area contributed by atoms with E-state index in [1.54, 1.807) is 0 Å². The zero-order valence-corrected chi connectivity index (χ0v) is 14.2. The van der Waals surface area contributed by atoms with Crippen molar-refractivity contribution in [2.75, 3.05) is 46.4 Å². The van der Waals surface area contributed by atoms with E-state index in [9.17, 15) is 4.79 Å². The molecule has 1 heterocycles. The second kappa shape index (κ2) is 9.66. The fraction of sp³-hybridized carbons (Fsp3) is 0.562. The molecule has 1 fully saturated rings. The van der Waals surface area contributed by atoms with Gasteiger partial charge in [0.05, 0.1) is 13.2 Å². The van der Waals surface area contributed by atoms with Gasteiger partial charge in [-0.2, -0.15) is 0 Å². The molecular weight excluding hydrogens is 302 g/mol. The molecule has 1 N–H and O–H groups in total. The third-order valence-electron chi connectivity index (χ3n) is 3.54. The third-order valence-corrected chi connectivity index (χ3v) is 3.54. The summed E-state index contributed by atoms with van der Waals surface area (Å²) in [6.07, 6.45) is 0. The van der Waals surface area contributed by atoms with Gasteiger partial charge in [0.15, 0.2) is 0 Å². The van der Waals surface area contributed by atoms with Crippen molar-refractivity contribution in [3.8, 4) is 5.75 Å². The van der Waals surface area contributed by atoms with Crippen LogP contribution in [-0.2, 0) is 11.3 Å². The van der Waals surface area contributed by atoms with Crippen LogP contribution in [0.25, 0.3) is 0 Å². The van der Waals surface area contributed by atoms with E-state index in [0.717, 1.165) is 44.0 Å². The summed E-state index contributed by atoms with van der Waals surface area (Å²) in [5.41, 5.74) is 1.16. The highest BCUT2D eigenvalue weighted by Gasteiger charge is 2.17. The van der Waals surface area contributed by atoms with Gasteiger partial charge in [0, 0.05) is 32.7 Å². The number of nitrogens with one attached hydrogen (secondary N) is 1. The van der Waals surface area contributed by atoms with Crippen LogP contribution in [0.3, 0.4) is 0 Å². The van der Waals surface area contributed by atoms with E-state index in [0.29, 0.717) is 13.2 Å². The van der Waals surface area contributed by atoms with E-state index in [1.165, 1.54) is 0 Å². The quantitative estimate of drug-likeness (QED) is 0.857. The molecule has 0 bridgehead atoms. The minimum Gasteiger partial charge on any atom is -0.494 e. The molecule has 22 heavy (non-hydrogen) atoms. The predicted molar refractivity (Wildman–Crippen MR) is 90.6 cm³/mol. The number of carbonyl (C=O) groups excluding carboxylic acids is 1. The number of rotatable bonds is 6. The minimum atomic E-state index is 0. The highest BCUT2D eigenvalue weighted by Crippen LogP contribution is 2.14. The molecule has 6 heteroatoms. The van der Waals surface area contributed by atoms with Gasteiger partial charge in [-0.3, -0.25) is 9.69 Å². The Morgan fingerprint density at radius 1 is 1.36 bits per heavy atom. The number of hydrogen-bond acceptors (Lipinski definition) is 4. The number of nitrogens with zero attached hydrogens (tertiary/aromatic N) is 2. The number of carbonyl (C=O) groups is 1. The Kier molecular flexibility index (Phi) is 8.24. The average Bonchev–Trinajstić information content (AvgIpc) is 2.48. The summed E-state index contributed by atoms with van der Waals surface area (Å²) in [6.45, 7) is 7.26. The Balaban J connectivity index is 0.00000242. The van der Waals surface area contributed by atoms with E-state index >= 15 is 0 Å². The molecule has 124 valence electrons. The minimum absolute atomic E-state index is 0. The first-order valence-corrected chi connectivity index (χ1v) is 7.58. The molecule has 2 rings (SSSR count). The van der Waals surface area contributed by atoms with E-state index in [-0.39, 0.29) is 18.3 Å². The van der Waals surface area contributed by atoms with Crippen molar-refractivity contribution in [3.63, 3.8) is 0 Å². The van der Waals surface area contributed by atoms with Gasteiger partial charge in [0.25, 0.3) is 0 Å². The number of ether oxygens (including phenoxy) is 1. The van der Waals surface area contributed by atoms with Crippen LogP contribution < -0.4 is 10.1 Å². The number of halogens is 1. The number of piperazine rings is 1. The van der Waals surface area contributed by atoms with Crippen LogP contribution in [0.5, 0.6) is 5.75 Å². The second-order valence-corrected chi connectivity index (χ2v) is 5.38. The number of amides is 1. The normalized spacial score (nSPS) is 14.6.